The molecule has 0 N–H and O–H groups in total. The number of hydrogen-bond donors (Lipinski definition) is 0. The highest BCUT2D eigenvalue weighted by atomic mass is 16.5. The highest BCUT2D eigenvalue weighted by Gasteiger charge is 2.21. The Hall–Kier alpha value is -3.88. The molecular weight excluding hydrogens is 402 g/mol. The van der Waals surface area contributed by atoms with Crippen molar-refractivity contribution in [3.8, 4) is 23.0 Å². The molecule has 1 heterocycles. The zero-order valence-corrected chi connectivity index (χ0v) is 17.7. The van der Waals surface area contributed by atoms with Gasteiger partial charge in [0.05, 0.1) is 21.3 Å². The summed E-state index contributed by atoms with van der Waals surface area (Å²) < 4.78 is 20.5. The molecule has 0 radical (unpaired) electrons. The fraction of sp³-hybridized carbons (Fsp3) is 0.273. The summed E-state index contributed by atoms with van der Waals surface area (Å²) in [5.41, 5.74) is 1.83. The van der Waals surface area contributed by atoms with Crippen LogP contribution in [-0.2, 0) is 16.1 Å². The Balaban J connectivity index is 1.86. The summed E-state index contributed by atoms with van der Waals surface area (Å²) in [6.07, 6.45) is 0. The van der Waals surface area contributed by atoms with E-state index < -0.39 is 5.97 Å². The van der Waals surface area contributed by atoms with Crippen molar-refractivity contribution in [3.63, 3.8) is 0 Å². The van der Waals surface area contributed by atoms with Crippen LogP contribution in [0.25, 0.3) is 11.5 Å². The Kier molecular flexibility index (Phi) is 6.86. The number of ether oxygens (including phenoxy) is 3. The number of carbonyl (C=O) groups excluding carboxylic acids is 2. The quantitative estimate of drug-likeness (QED) is 0.508. The van der Waals surface area contributed by atoms with Crippen LogP contribution in [0.15, 0.2) is 47.0 Å². The Morgan fingerprint density at radius 1 is 1.00 bits per heavy atom. The van der Waals surface area contributed by atoms with E-state index in [0.717, 1.165) is 5.56 Å². The number of hydrogen-bond acceptors (Lipinski definition) is 8. The summed E-state index contributed by atoms with van der Waals surface area (Å²) >= 11 is 0. The fourth-order valence-electron chi connectivity index (χ4n) is 2.95. The SMILES string of the molecule is COC(=O)CN(Cc1cc(OC)cc(OC)c1)C(=O)c1ccc(-c2nc(C)no2)cc1. The van der Waals surface area contributed by atoms with Crippen molar-refractivity contribution in [1.82, 2.24) is 15.0 Å². The molecule has 0 saturated carbocycles. The lowest BCUT2D eigenvalue weighted by atomic mass is 10.1. The fourth-order valence-corrected chi connectivity index (χ4v) is 2.95. The van der Waals surface area contributed by atoms with E-state index in [9.17, 15) is 9.59 Å². The van der Waals surface area contributed by atoms with Gasteiger partial charge in [-0.1, -0.05) is 5.16 Å². The number of methoxy groups -OCH3 is 3. The van der Waals surface area contributed by atoms with E-state index in [-0.39, 0.29) is 19.0 Å². The van der Waals surface area contributed by atoms with Gasteiger partial charge in [-0.2, -0.15) is 4.98 Å². The van der Waals surface area contributed by atoms with Gasteiger partial charge in [-0.25, -0.2) is 0 Å². The normalized spacial score (nSPS) is 10.5. The molecule has 0 aliphatic heterocycles. The van der Waals surface area contributed by atoms with Crippen LogP contribution in [-0.4, -0.2) is 54.8 Å². The largest absolute Gasteiger partial charge is 0.497 e. The minimum Gasteiger partial charge on any atom is -0.497 e. The van der Waals surface area contributed by atoms with Gasteiger partial charge in [0.25, 0.3) is 11.8 Å². The monoisotopic (exact) mass is 425 g/mol. The minimum atomic E-state index is -0.527. The highest BCUT2D eigenvalue weighted by Crippen LogP contribution is 2.24. The van der Waals surface area contributed by atoms with Crippen LogP contribution in [0.3, 0.4) is 0 Å². The molecule has 9 nitrogen and oxygen atoms in total. The third-order valence-electron chi connectivity index (χ3n) is 4.53. The van der Waals surface area contributed by atoms with Crippen molar-refractivity contribution >= 4 is 11.9 Å². The molecule has 1 aromatic heterocycles. The van der Waals surface area contributed by atoms with E-state index in [2.05, 4.69) is 10.1 Å². The molecule has 0 aliphatic carbocycles. The number of aryl methyl sites for hydroxylation is 1. The minimum absolute atomic E-state index is 0.159. The van der Waals surface area contributed by atoms with Gasteiger partial charge >= 0.3 is 5.97 Å². The predicted octanol–water partition coefficient (Wildman–Crippen LogP) is 2.88. The number of amides is 1. The van der Waals surface area contributed by atoms with E-state index in [1.807, 2.05) is 0 Å². The van der Waals surface area contributed by atoms with Crippen LogP contribution in [0.1, 0.15) is 21.7 Å². The summed E-state index contributed by atoms with van der Waals surface area (Å²) in [6.45, 7) is 1.68. The standard InChI is InChI=1S/C22H23N3O6/c1-14-23-21(31-24-14)16-5-7-17(8-6-16)22(27)25(13-20(26)30-4)12-15-9-18(28-2)11-19(10-15)29-3/h5-11H,12-13H2,1-4H3. The Labute approximate surface area is 179 Å². The number of esters is 1. The van der Waals surface area contributed by atoms with Gasteiger partial charge in [0, 0.05) is 23.7 Å². The van der Waals surface area contributed by atoms with Gasteiger partial charge < -0.3 is 23.6 Å². The van der Waals surface area contributed by atoms with Gasteiger partial charge in [0.1, 0.15) is 18.0 Å². The zero-order chi connectivity index (χ0) is 22.4. The van der Waals surface area contributed by atoms with E-state index in [1.165, 1.54) is 12.0 Å². The Bertz CT molecular complexity index is 1040. The second kappa shape index (κ2) is 9.75. The molecule has 1 amide bonds. The van der Waals surface area contributed by atoms with Crippen molar-refractivity contribution in [1.29, 1.82) is 0 Å². The molecule has 3 aromatic rings. The Morgan fingerprint density at radius 3 is 2.16 bits per heavy atom. The van der Waals surface area contributed by atoms with Gasteiger partial charge in [-0.05, 0) is 48.9 Å². The molecule has 0 saturated heterocycles. The lowest BCUT2D eigenvalue weighted by molar-refractivity contribution is -0.141. The first-order valence-electron chi connectivity index (χ1n) is 9.42. The van der Waals surface area contributed by atoms with Gasteiger partial charge in [0.2, 0.25) is 0 Å². The molecule has 9 heteroatoms. The molecular formula is C22H23N3O6. The average molecular weight is 425 g/mol. The summed E-state index contributed by atoms with van der Waals surface area (Å²) in [5.74, 6) is 1.19. The first-order chi connectivity index (χ1) is 14.9. The highest BCUT2D eigenvalue weighted by molar-refractivity contribution is 5.96. The van der Waals surface area contributed by atoms with Crippen LogP contribution >= 0.6 is 0 Å². The second-order valence-corrected chi connectivity index (χ2v) is 6.68. The third-order valence-corrected chi connectivity index (χ3v) is 4.53. The smallest absolute Gasteiger partial charge is 0.325 e. The lowest BCUT2D eigenvalue weighted by Gasteiger charge is -2.22. The number of carbonyl (C=O) groups is 2. The molecule has 0 bridgehead atoms. The second-order valence-electron chi connectivity index (χ2n) is 6.68. The number of rotatable bonds is 8. The van der Waals surface area contributed by atoms with Crippen LogP contribution < -0.4 is 9.47 Å². The van der Waals surface area contributed by atoms with Crippen molar-refractivity contribution in [2.45, 2.75) is 13.5 Å². The predicted molar refractivity (Wildman–Crippen MR) is 111 cm³/mol. The number of aromatic nitrogens is 2. The maximum absolute atomic E-state index is 13.2. The van der Waals surface area contributed by atoms with Gasteiger partial charge in [-0.15, -0.1) is 0 Å². The molecule has 0 atom stereocenters. The number of benzene rings is 2. The summed E-state index contributed by atoms with van der Waals surface area (Å²) in [5, 5.41) is 3.76. The van der Waals surface area contributed by atoms with Crippen LogP contribution in [0, 0.1) is 6.92 Å². The first-order valence-corrected chi connectivity index (χ1v) is 9.42. The molecule has 0 spiro atoms. The van der Waals surface area contributed by atoms with E-state index in [0.29, 0.717) is 34.3 Å². The lowest BCUT2D eigenvalue weighted by Crippen LogP contribution is -2.35. The van der Waals surface area contributed by atoms with Gasteiger partial charge in [0.15, 0.2) is 5.82 Å². The molecule has 0 fully saturated rings. The van der Waals surface area contributed by atoms with Crippen LogP contribution in [0.5, 0.6) is 11.5 Å². The van der Waals surface area contributed by atoms with Crippen molar-refractivity contribution < 1.29 is 28.3 Å². The maximum atomic E-state index is 13.2. The molecule has 0 unspecified atom stereocenters. The summed E-state index contributed by atoms with van der Waals surface area (Å²) in [7, 11) is 4.37. The molecule has 0 aliphatic rings. The van der Waals surface area contributed by atoms with Crippen molar-refractivity contribution in [2.24, 2.45) is 0 Å². The van der Waals surface area contributed by atoms with Crippen LogP contribution in [0.2, 0.25) is 0 Å². The summed E-state index contributed by atoms with van der Waals surface area (Å²) in [6, 6.07) is 12.0. The van der Waals surface area contributed by atoms with Crippen molar-refractivity contribution in [2.75, 3.05) is 27.9 Å². The Morgan fingerprint density at radius 2 is 1.65 bits per heavy atom. The van der Waals surface area contributed by atoms with Crippen LogP contribution in [0.4, 0.5) is 0 Å². The summed E-state index contributed by atoms with van der Waals surface area (Å²) in [4.78, 5) is 30.7. The molecule has 31 heavy (non-hydrogen) atoms. The third kappa shape index (κ3) is 5.39. The number of nitrogens with zero attached hydrogens (tertiary/aromatic N) is 3. The zero-order valence-electron chi connectivity index (χ0n) is 17.7. The van der Waals surface area contributed by atoms with E-state index in [4.69, 9.17) is 18.7 Å². The topological polar surface area (TPSA) is 104 Å². The van der Waals surface area contributed by atoms with Crippen molar-refractivity contribution in [3.05, 3.63) is 59.4 Å². The maximum Gasteiger partial charge on any atom is 0.325 e. The molecule has 162 valence electrons. The molecule has 2 aromatic carbocycles. The van der Waals surface area contributed by atoms with Gasteiger partial charge in [-0.3, -0.25) is 9.59 Å². The van der Waals surface area contributed by atoms with E-state index >= 15 is 0 Å². The first kappa shape index (κ1) is 21.8. The molecule has 3 rings (SSSR count). The van der Waals surface area contributed by atoms with E-state index in [1.54, 1.807) is 63.6 Å². The average Bonchev–Trinajstić information content (AvgIpc) is 3.24.